The van der Waals surface area contributed by atoms with E-state index in [0.717, 1.165) is 28.7 Å². The Morgan fingerprint density at radius 1 is 1.23 bits per heavy atom. The highest BCUT2D eigenvalue weighted by Gasteiger charge is 2.38. The Morgan fingerprint density at radius 3 is 2.62 bits per heavy atom. The number of fused-ring (bicyclic) bond motifs is 1. The van der Waals surface area contributed by atoms with Gasteiger partial charge in [0.15, 0.2) is 0 Å². The summed E-state index contributed by atoms with van der Waals surface area (Å²) in [6.07, 6.45) is -4.81. The molecule has 0 aliphatic carbocycles. The monoisotopic (exact) mass is 364 g/mol. The van der Waals surface area contributed by atoms with Gasteiger partial charge in [-0.3, -0.25) is 10.1 Å². The highest BCUT2D eigenvalue weighted by molar-refractivity contribution is 5.76. The van der Waals surface area contributed by atoms with Gasteiger partial charge in [0.2, 0.25) is 0 Å². The molecular weight excluding hydrogens is 349 g/mol. The molecule has 136 valence electrons. The lowest BCUT2D eigenvalue weighted by Gasteiger charge is -2.11. The SMILES string of the molecule is Cc1ccc2c(c1)nc(CNc1ccc([N+](=O)[O-])c(C(F)(F)F)c1)n2C. The number of nitrogens with zero attached hydrogens (tertiary/aromatic N) is 3. The highest BCUT2D eigenvalue weighted by atomic mass is 19.4. The fraction of sp³-hybridized carbons (Fsp3) is 0.235. The molecule has 0 saturated carbocycles. The van der Waals surface area contributed by atoms with Gasteiger partial charge in [-0.05, 0) is 36.8 Å². The van der Waals surface area contributed by atoms with Crippen LogP contribution in [0.3, 0.4) is 0 Å². The molecule has 0 radical (unpaired) electrons. The normalized spacial score (nSPS) is 11.7. The smallest absolute Gasteiger partial charge is 0.378 e. The molecule has 0 amide bonds. The van der Waals surface area contributed by atoms with Crippen LogP contribution in [0.4, 0.5) is 24.5 Å². The summed E-state index contributed by atoms with van der Waals surface area (Å²) in [7, 11) is 1.82. The van der Waals surface area contributed by atoms with Gasteiger partial charge in [0.05, 0.1) is 22.5 Å². The lowest BCUT2D eigenvalue weighted by molar-refractivity contribution is -0.388. The summed E-state index contributed by atoms with van der Waals surface area (Å²) in [6.45, 7) is 2.13. The number of nitrogens with one attached hydrogen (secondary N) is 1. The van der Waals surface area contributed by atoms with Crippen LogP contribution < -0.4 is 5.32 Å². The number of aromatic nitrogens is 2. The van der Waals surface area contributed by atoms with E-state index in [1.165, 1.54) is 6.07 Å². The number of hydrogen-bond acceptors (Lipinski definition) is 4. The quantitative estimate of drug-likeness (QED) is 0.549. The molecule has 2 aromatic carbocycles. The van der Waals surface area contributed by atoms with E-state index in [9.17, 15) is 23.3 Å². The number of alkyl halides is 3. The molecule has 1 N–H and O–H groups in total. The predicted molar refractivity (Wildman–Crippen MR) is 90.9 cm³/mol. The molecule has 6 nitrogen and oxygen atoms in total. The molecule has 0 saturated heterocycles. The summed E-state index contributed by atoms with van der Waals surface area (Å²) in [5.74, 6) is 0.637. The second-order valence-corrected chi connectivity index (χ2v) is 5.92. The van der Waals surface area contributed by atoms with Crippen molar-refractivity contribution in [1.29, 1.82) is 0 Å². The largest absolute Gasteiger partial charge is 0.423 e. The van der Waals surface area contributed by atoms with Crippen molar-refractivity contribution in [2.45, 2.75) is 19.6 Å². The lowest BCUT2D eigenvalue weighted by Crippen LogP contribution is -2.11. The number of benzene rings is 2. The van der Waals surface area contributed by atoms with Gasteiger partial charge >= 0.3 is 6.18 Å². The topological polar surface area (TPSA) is 73.0 Å². The Balaban J connectivity index is 1.88. The van der Waals surface area contributed by atoms with Crippen LogP contribution >= 0.6 is 0 Å². The molecule has 0 fully saturated rings. The van der Waals surface area contributed by atoms with E-state index in [1.807, 2.05) is 36.7 Å². The van der Waals surface area contributed by atoms with Gasteiger partial charge in [-0.2, -0.15) is 13.2 Å². The molecule has 0 atom stereocenters. The maximum absolute atomic E-state index is 13.0. The summed E-state index contributed by atoms with van der Waals surface area (Å²) >= 11 is 0. The minimum absolute atomic E-state index is 0.131. The lowest BCUT2D eigenvalue weighted by atomic mass is 10.1. The predicted octanol–water partition coefficient (Wildman–Crippen LogP) is 4.42. The van der Waals surface area contributed by atoms with E-state index >= 15 is 0 Å². The standard InChI is InChI=1S/C17H15F3N4O2/c1-10-3-5-15-13(7-10)22-16(23(15)2)9-21-11-4-6-14(24(25)26)12(8-11)17(18,19)20/h3-8,21H,9H2,1-2H3. The zero-order chi connectivity index (χ0) is 19.1. The molecule has 3 rings (SSSR count). The number of anilines is 1. The molecule has 9 heteroatoms. The first-order valence-electron chi connectivity index (χ1n) is 7.68. The Labute approximate surface area is 146 Å². The molecule has 0 aliphatic rings. The summed E-state index contributed by atoms with van der Waals surface area (Å²) in [5.41, 5.74) is 0.636. The number of nitro groups is 1. The van der Waals surface area contributed by atoms with Crippen molar-refractivity contribution < 1.29 is 18.1 Å². The van der Waals surface area contributed by atoms with E-state index in [2.05, 4.69) is 10.3 Å². The highest BCUT2D eigenvalue weighted by Crippen LogP contribution is 2.37. The number of rotatable bonds is 4. The molecule has 3 aromatic rings. The zero-order valence-electron chi connectivity index (χ0n) is 14.0. The van der Waals surface area contributed by atoms with Crippen LogP contribution in [0.25, 0.3) is 11.0 Å². The van der Waals surface area contributed by atoms with Gasteiger partial charge in [-0.15, -0.1) is 0 Å². The van der Waals surface area contributed by atoms with E-state index in [4.69, 9.17) is 0 Å². The maximum Gasteiger partial charge on any atom is 0.423 e. The van der Waals surface area contributed by atoms with E-state index in [-0.39, 0.29) is 12.2 Å². The first-order valence-corrected chi connectivity index (χ1v) is 7.68. The first kappa shape index (κ1) is 17.7. The van der Waals surface area contributed by atoms with Crippen molar-refractivity contribution in [3.8, 4) is 0 Å². The van der Waals surface area contributed by atoms with Crippen molar-refractivity contribution in [3.05, 3.63) is 63.5 Å². The van der Waals surface area contributed by atoms with Crippen molar-refractivity contribution in [2.24, 2.45) is 7.05 Å². The average Bonchev–Trinajstić information content (AvgIpc) is 2.87. The number of imidazole rings is 1. The minimum atomic E-state index is -4.81. The number of nitro benzene ring substituents is 1. The van der Waals surface area contributed by atoms with Gasteiger partial charge < -0.3 is 9.88 Å². The number of halogens is 3. The fourth-order valence-electron chi connectivity index (χ4n) is 2.73. The minimum Gasteiger partial charge on any atom is -0.378 e. The summed E-state index contributed by atoms with van der Waals surface area (Å²) in [6, 6.07) is 8.64. The summed E-state index contributed by atoms with van der Waals surface area (Å²) < 4.78 is 41.0. The second-order valence-electron chi connectivity index (χ2n) is 5.92. The Morgan fingerprint density at radius 2 is 1.96 bits per heavy atom. The zero-order valence-corrected chi connectivity index (χ0v) is 14.0. The van der Waals surface area contributed by atoms with E-state index in [0.29, 0.717) is 5.82 Å². The number of hydrogen-bond donors (Lipinski definition) is 1. The van der Waals surface area contributed by atoms with E-state index < -0.39 is 22.4 Å². The summed E-state index contributed by atoms with van der Waals surface area (Å²) in [4.78, 5) is 14.2. The third-order valence-corrected chi connectivity index (χ3v) is 4.08. The van der Waals surface area contributed by atoms with Gasteiger partial charge in [0.25, 0.3) is 5.69 Å². The molecular formula is C17H15F3N4O2. The van der Waals surface area contributed by atoms with Gasteiger partial charge in [-0.1, -0.05) is 6.07 Å². The van der Waals surface area contributed by atoms with Gasteiger partial charge in [-0.25, -0.2) is 4.98 Å². The molecule has 0 aliphatic heterocycles. The Hall–Kier alpha value is -3.10. The molecule has 0 spiro atoms. The number of aryl methyl sites for hydroxylation is 2. The van der Waals surface area contributed by atoms with Crippen LogP contribution in [0.15, 0.2) is 36.4 Å². The third-order valence-electron chi connectivity index (χ3n) is 4.08. The van der Waals surface area contributed by atoms with Crippen LogP contribution in [0.1, 0.15) is 17.0 Å². The van der Waals surface area contributed by atoms with Crippen LogP contribution in [0.2, 0.25) is 0 Å². The average molecular weight is 364 g/mol. The van der Waals surface area contributed by atoms with Crippen molar-refractivity contribution >= 4 is 22.4 Å². The van der Waals surface area contributed by atoms with Gasteiger partial charge in [0, 0.05) is 18.8 Å². The maximum atomic E-state index is 13.0. The molecule has 1 heterocycles. The Bertz CT molecular complexity index is 996. The van der Waals surface area contributed by atoms with E-state index in [1.54, 1.807) is 0 Å². The van der Waals surface area contributed by atoms with Crippen LogP contribution in [-0.2, 0) is 19.8 Å². The van der Waals surface area contributed by atoms with Crippen molar-refractivity contribution in [2.75, 3.05) is 5.32 Å². The second kappa shape index (κ2) is 6.32. The third kappa shape index (κ3) is 3.32. The van der Waals surface area contributed by atoms with Crippen molar-refractivity contribution in [3.63, 3.8) is 0 Å². The summed E-state index contributed by atoms with van der Waals surface area (Å²) in [5, 5.41) is 13.7. The molecule has 0 unspecified atom stereocenters. The fourth-order valence-corrected chi connectivity index (χ4v) is 2.73. The first-order chi connectivity index (χ1) is 12.2. The van der Waals surface area contributed by atoms with Gasteiger partial charge in [0.1, 0.15) is 11.4 Å². The Kier molecular flexibility index (Phi) is 4.31. The van der Waals surface area contributed by atoms with Crippen LogP contribution in [-0.4, -0.2) is 14.5 Å². The van der Waals surface area contributed by atoms with Crippen LogP contribution in [0, 0.1) is 17.0 Å². The molecule has 0 bridgehead atoms. The van der Waals surface area contributed by atoms with Crippen molar-refractivity contribution in [1.82, 2.24) is 9.55 Å². The molecule has 26 heavy (non-hydrogen) atoms. The van der Waals surface area contributed by atoms with Crippen LogP contribution in [0.5, 0.6) is 0 Å². The molecule has 1 aromatic heterocycles.